The van der Waals surface area contributed by atoms with E-state index in [0.29, 0.717) is 31.4 Å². The zero-order chi connectivity index (χ0) is 38.9. The van der Waals surface area contributed by atoms with Crippen LogP contribution in [0, 0.1) is 5.92 Å². The topological polar surface area (TPSA) is 199 Å². The molecule has 1 aromatic carbocycles. The fourth-order valence-corrected chi connectivity index (χ4v) is 7.24. The maximum atomic E-state index is 14.4. The van der Waals surface area contributed by atoms with Gasteiger partial charge < -0.3 is 40.7 Å². The summed E-state index contributed by atoms with van der Waals surface area (Å²) in [4.78, 5) is 105. The van der Waals surface area contributed by atoms with E-state index in [0.717, 1.165) is 5.56 Å². The van der Waals surface area contributed by atoms with Crippen LogP contribution in [0.1, 0.15) is 58.9 Å². The third kappa shape index (κ3) is 9.51. The quantitative estimate of drug-likeness (QED) is 0.287. The molecule has 0 unspecified atom stereocenters. The van der Waals surface area contributed by atoms with E-state index >= 15 is 0 Å². The number of nitrogens with zero attached hydrogens (tertiary/aromatic N) is 4. The van der Waals surface area contributed by atoms with Gasteiger partial charge in [-0.05, 0) is 63.1 Å². The summed E-state index contributed by atoms with van der Waals surface area (Å²) in [7, 11) is 0. The fourth-order valence-electron chi connectivity index (χ4n) is 7.24. The van der Waals surface area contributed by atoms with Gasteiger partial charge in [-0.3, -0.25) is 29.0 Å². The number of fused-ring (bicyclic) bond motifs is 2. The fraction of sp³-hybridized carbons (Fsp3) is 0.526. The van der Waals surface area contributed by atoms with Crippen LogP contribution in [0.4, 0.5) is 10.5 Å². The van der Waals surface area contributed by atoms with E-state index in [9.17, 15) is 33.6 Å². The number of esters is 1. The average Bonchev–Trinajstić information content (AvgIpc) is 3.81. The first-order chi connectivity index (χ1) is 25.9. The van der Waals surface area contributed by atoms with Crippen LogP contribution in [0.25, 0.3) is 0 Å². The third-order valence-corrected chi connectivity index (χ3v) is 10.1. The molecular weight excluding hydrogens is 696 g/mol. The summed E-state index contributed by atoms with van der Waals surface area (Å²) in [5.74, 6) is -3.67. The van der Waals surface area contributed by atoms with Crippen molar-refractivity contribution >= 4 is 47.2 Å². The van der Waals surface area contributed by atoms with Gasteiger partial charge in [-0.15, -0.1) is 0 Å². The zero-order valence-electron chi connectivity index (χ0n) is 31.2. The van der Waals surface area contributed by atoms with Crippen LogP contribution < -0.4 is 21.3 Å². The lowest BCUT2D eigenvalue weighted by Crippen LogP contribution is -2.61. The van der Waals surface area contributed by atoms with Gasteiger partial charge in [0, 0.05) is 44.1 Å². The Bertz CT molecular complexity index is 1690. The molecule has 0 bridgehead atoms. The van der Waals surface area contributed by atoms with Gasteiger partial charge in [-0.25, -0.2) is 9.59 Å². The number of cyclic esters (lactones) is 1. The second-order valence-corrected chi connectivity index (χ2v) is 14.2. The number of hydrogen-bond acceptors (Lipinski definition) is 9. The summed E-state index contributed by atoms with van der Waals surface area (Å²) in [6, 6.07) is 4.96. The standard InChI is InChI=1S/C38H50N8O8/c1-5-17-44-25(4)32(47)40-24(3)34(49)46-21-23(2)19-31(46)37(52)54-22-29(35(50)45-18-9-12-30(45)36(44)51)42-33(48)28(20-26-10-7-6-8-11-26)43-38(53)41-27-13-15-39-16-14-27/h6-8,10-11,13-16,23-25,28-31H,5,9,12,17-22H2,1-4H3,(H,40,47)(H,42,48)(H2,39,41,43,53)/t23-,24+,25+,28+,29+,30+,31+/m1/s1. The number of amides is 7. The van der Waals surface area contributed by atoms with Crippen molar-refractivity contribution in [2.75, 3.05) is 31.6 Å². The molecule has 16 heteroatoms. The van der Waals surface area contributed by atoms with Crippen LogP contribution in [-0.4, -0.2) is 124 Å². The van der Waals surface area contributed by atoms with E-state index in [4.69, 9.17) is 4.74 Å². The third-order valence-electron chi connectivity index (χ3n) is 10.1. The number of hydrogen-bond donors (Lipinski definition) is 4. The molecule has 4 N–H and O–H groups in total. The Morgan fingerprint density at radius 3 is 2.37 bits per heavy atom. The maximum absolute atomic E-state index is 14.4. The first-order valence-corrected chi connectivity index (χ1v) is 18.6. The molecule has 0 radical (unpaired) electrons. The van der Waals surface area contributed by atoms with Crippen LogP contribution in [0.3, 0.4) is 0 Å². The summed E-state index contributed by atoms with van der Waals surface area (Å²) in [6.45, 7) is 6.95. The van der Waals surface area contributed by atoms with Crippen molar-refractivity contribution in [3.63, 3.8) is 0 Å². The number of aromatic nitrogens is 1. The normalized spacial score (nSPS) is 26.0. The summed E-state index contributed by atoms with van der Waals surface area (Å²) in [6.07, 6.45) is 4.70. The van der Waals surface area contributed by atoms with Gasteiger partial charge in [0.15, 0.2) is 0 Å². The van der Waals surface area contributed by atoms with E-state index in [2.05, 4.69) is 26.3 Å². The molecule has 5 rings (SSSR count). The molecule has 16 nitrogen and oxygen atoms in total. The first-order valence-electron chi connectivity index (χ1n) is 18.6. The SMILES string of the molecule is CCCN1C(=O)[C@@H]2CCCN2C(=O)[C@@H](NC(=O)[C@H](Cc2ccccc2)NC(=O)Nc2ccncc2)COC(=O)[C@@H]2C[C@@H](C)CN2C(=O)[C@H](C)NC(=O)[C@@H]1C. The number of benzene rings is 1. The van der Waals surface area contributed by atoms with Gasteiger partial charge in [-0.1, -0.05) is 44.2 Å². The number of anilines is 1. The Morgan fingerprint density at radius 2 is 1.67 bits per heavy atom. The summed E-state index contributed by atoms with van der Waals surface area (Å²) < 4.78 is 5.72. The molecule has 2 aromatic rings. The molecule has 3 fully saturated rings. The number of nitrogens with one attached hydrogen (secondary N) is 4. The number of pyridine rings is 1. The molecule has 4 heterocycles. The van der Waals surface area contributed by atoms with Crippen molar-refractivity contribution in [2.45, 2.75) is 96.1 Å². The minimum absolute atomic E-state index is 0.0568. The van der Waals surface area contributed by atoms with Crippen molar-refractivity contribution in [2.24, 2.45) is 5.92 Å². The number of carbonyl (C=O) groups is 7. The largest absolute Gasteiger partial charge is 0.461 e. The number of rotatable bonds is 8. The summed E-state index contributed by atoms with van der Waals surface area (Å²) >= 11 is 0. The predicted octanol–water partition coefficient (Wildman–Crippen LogP) is 1.22. The zero-order valence-corrected chi connectivity index (χ0v) is 31.2. The van der Waals surface area contributed by atoms with Gasteiger partial charge in [0.2, 0.25) is 29.5 Å². The van der Waals surface area contributed by atoms with E-state index in [-0.39, 0.29) is 32.0 Å². The number of carbonyl (C=O) groups excluding carboxylic acids is 7. The Morgan fingerprint density at radius 1 is 0.944 bits per heavy atom. The molecule has 0 saturated carbocycles. The lowest BCUT2D eigenvalue weighted by Gasteiger charge is -2.36. The highest BCUT2D eigenvalue weighted by Gasteiger charge is 2.45. The molecule has 3 saturated heterocycles. The smallest absolute Gasteiger partial charge is 0.328 e. The molecule has 7 amide bonds. The summed E-state index contributed by atoms with van der Waals surface area (Å²) in [5.41, 5.74) is 1.17. The number of urea groups is 1. The lowest BCUT2D eigenvalue weighted by molar-refractivity contribution is -0.158. The van der Waals surface area contributed by atoms with Crippen LogP contribution in [0.2, 0.25) is 0 Å². The molecule has 0 aliphatic carbocycles. The number of ether oxygens (including phenoxy) is 1. The molecular formula is C38H50N8O8. The molecule has 0 spiro atoms. The van der Waals surface area contributed by atoms with Crippen LogP contribution in [0.5, 0.6) is 0 Å². The van der Waals surface area contributed by atoms with Gasteiger partial charge in [0.1, 0.15) is 42.9 Å². The predicted molar refractivity (Wildman–Crippen MR) is 196 cm³/mol. The van der Waals surface area contributed by atoms with Gasteiger partial charge in [0.25, 0.3) is 0 Å². The highest BCUT2D eigenvalue weighted by molar-refractivity contribution is 5.98. The minimum atomic E-state index is -1.45. The molecule has 3 aliphatic heterocycles. The highest BCUT2D eigenvalue weighted by atomic mass is 16.5. The van der Waals surface area contributed by atoms with Gasteiger partial charge in [0.05, 0.1) is 0 Å². The molecule has 290 valence electrons. The van der Waals surface area contributed by atoms with Crippen molar-refractivity contribution in [1.29, 1.82) is 0 Å². The summed E-state index contributed by atoms with van der Waals surface area (Å²) in [5, 5.41) is 10.8. The average molecular weight is 747 g/mol. The maximum Gasteiger partial charge on any atom is 0.328 e. The Labute approximate surface area is 314 Å². The van der Waals surface area contributed by atoms with Crippen molar-refractivity contribution in [1.82, 2.24) is 35.6 Å². The lowest BCUT2D eigenvalue weighted by atomic mass is 10.0. The van der Waals surface area contributed by atoms with Crippen molar-refractivity contribution in [3.05, 3.63) is 60.4 Å². The second kappa shape index (κ2) is 18.0. The first kappa shape index (κ1) is 39.7. The highest BCUT2D eigenvalue weighted by Crippen LogP contribution is 2.26. The van der Waals surface area contributed by atoms with Crippen LogP contribution in [-0.2, 0) is 39.9 Å². The Kier molecular flexibility index (Phi) is 13.2. The monoisotopic (exact) mass is 746 g/mol. The Hall–Kier alpha value is -5.54. The van der Waals surface area contributed by atoms with E-state index in [1.807, 2.05) is 19.9 Å². The molecule has 1 aromatic heterocycles. The van der Waals surface area contributed by atoms with Crippen molar-refractivity contribution in [3.8, 4) is 0 Å². The van der Waals surface area contributed by atoms with E-state index < -0.39 is 84.4 Å². The second-order valence-electron chi connectivity index (χ2n) is 14.2. The molecule has 3 aliphatic rings. The minimum Gasteiger partial charge on any atom is -0.461 e. The van der Waals surface area contributed by atoms with Gasteiger partial charge >= 0.3 is 12.0 Å². The van der Waals surface area contributed by atoms with Crippen LogP contribution >= 0.6 is 0 Å². The Balaban J connectivity index is 1.46. The molecule has 7 atom stereocenters. The van der Waals surface area contributed by atoms with Gasteiger partial charge in [-0.2, -0.15) is 0 Å². The van der Waals surface area contributed by atoms with Crippen LogP contribution in [0.15, 0.2) is 54.9 Å². The van der Waals surface area contributed by atoms with Crippen molar-refractivity contribution < 1.29 is 38.3 Å². The van der Waals surface area contributed by atoms with E-state index in [1.165, 1.54) is 34.0 Å². The van der Waals surface area contributed by atoms with E-state index in [1.54, 1.807) is 43.3 Å². The molecule has 54 heavy (non-hydrogen) atoms.